The molecule has 1 aliphatic carbocycles. The predicted octanol–water partition coefficient (Wildman–Crippen LogP) is 4.31. The highest BCUT2D eigenvalue weighted by atomic mass is 16.1. The summed E-state index contributed by atoms with van der Waals surface area (Å²) in [7, 11) is 2.15. The van der Waals surface area contributed by atoms with Crippen LogP contribution in [0.5, 0.6) is 0 Å². The maximum absolute atomic E-state index is 12.4. The number of nitrogens with one attached hydrogen (secondary N) is 2. The summed E-state index contributed by atoms with van der Waals surface area (Å²) in [4.78, 5) is 18.8. The number of aromatic nitrogens is 2. The van der Waals surface area contributed by atoms with Crippen LogP contribution < -0.4 is 10.2 Å². The molecule has 1 aromatic carbocycles. The zero-order valence-electron chi connectivity index (χ0n) is 18.1. The summed E-state index contributed by atoms with van der Waals surface area (Å²) in [5.74, 6) is 1.89. The van der Waals surface area contributed by atoms with E-state index in [1.54, 1.807) is 0 Å². The monoisotopic (exact) mass is 385 g/mol. The largest absolute Gasteiger partial charge is 0.331 e. The highest BCUT2D eigenvalue weighted by Crippen LogP contribution is 2.35. The molecule has 1 saturated carbocycles. The van der Waals surface area contributed by atoms with Gasteiger partial charge in [0.2, 0.25) is 5.91 Å². The van der Waals surface area contributed by atoms with Crippen molar-refractivity contribution in [3.05, 3.63) is 18.0 Å². The third-order valence-corrected chi connectivity index (χ3v) is 6.29. The fraction of sp³-hybridized carbons (Fsp3) is 0.652. The lowest BCUT2D eigenvalue weighted by atomic mass is 9.89. The Hall–Kier alpha value is -1.88. The van der Waals surface area contributed by atoms with Crippen molar-refractivity contribution >= 4 is 28.3 Å². The molecule has 0 atom stereocenters. The number of hydrogen-bond acceptors (Lipinski definition) is 2. The quantitative estimate of drug-likeness (QED) is 0.711. The normalized spacial score (nSPS) is 15.5. The first-order valence-electron chi connectivity index (χ1n) is 11.2. The Labute approximate surface area is 169 Å². The van der Waals surface area contributed by atoms with Crippen molar-refractivity contribution in [2.75, 3.05) is 18.4 Å². The number of unbranched alkanes of at least 4 members (excludes halogenated alkanes) is 1. The van der Waals surface area contributed by atoms with Crippen molar-refractivity contribution < 1.29 is 9.69 Å². The molecule has 0 bridgehead atoms. The molecule has 1 heterocycles. The van der Waals surface area contributed by atoms with Gasteiger partial charge in [0.05, 0.1) is 24.1 Å². The van der Waals surface area contributed by atoms with E-state index in [2.05, 4.69) is 49.8 Å². The molecule has 5 nitrogen and oxygen atoms in total. The van der Waals surface area contributed by atoms with Gasteiger partial charge in [0.15, 0.2) is 5.69 Å². The molecular formula is C23H37N4O+. The van der Waals surface area contributed by atoms with Gasteiger partial charge in [-0.3, -0.25) is 4.79 Å². The van der Waals surface area contributed by atoms with E-state index in [1.807, 2.05) is 0 Å². The maximum Gasteiger partial charge on any atom is 0.224 e. The molecule has 0 unspecified atom stereocenters. The molecule has 28 heavy (non-hydrogen) atoms. The Morgan fingerprint density at radius 1 is 1.18 bits per heavy atom. The molecule has 1 amide bonds. The Balaban J connectivity index is 2.01. The van der Waals surface area contributed by atoms with Crippen LogP contribution in [0.3, 0.4) is 0 Å². The molecule has 0 spiro atoms. The summed E-state index contributed by atoms with van der Waals surface area (Å²) in [6.07, 6.45) is 8.99. The number of benzene rings is 1. The minimum atomic E-state index is 0.109. The van der Waals surface area contributed by atoms with Gasteiger partial charge in [-0.1, -0.05) is 32.6 Å². The molecular weight excluding hydrogens is 348 g/mol. The van der Waals surface area contributed by atoms with Gasteiger partial charge in [0, 0.05) is 25.5 Å². The van der Waals surface area contributed by atoms with Crippen LogP contribution in [0.25, 0.3) is 11.0 Å². The maximum atomic E-state index is 12.4. The van der Waals surface area contributed by atoms with Gasteiger partial charge < -0.3 is 14.8 Å². The van der Waals surface area contributed by atoms with Crippen LogP contribution in [0.4, 0.5) is 11.4 Å². The summed E-state index contributed by atoms with van der Waals surface area (Å²) in [5, 5.41) is 3.19. The molecule has 2 aromatic rings. The molecule has 1 aromatic heterocycles. The topological polar surface area (TPSA) is 51.4 Å². The summed E-state index contributed by atoms with van der Waals surface area (Å²) < 4.78 is 2.29. The van der Waals surface area contributed by atoms with E-state index in [0.717, 1.165) is 37.1 Å². The van der Waals surface area contributed by atoms with Crippen molar-refractivity contribution in [1.29, 1.82) is 0 Å². The van der Waals surface area contributed by atoms with Gasteiger partial charge in [-0.05, 0) is 39.2 Å². The first-order chi connectivity index (χ1) is 13.6. The minimum absolute atomic E-state index is 0.109. The number of carbonyl (C=O) groups is 1. The lowest BCUT2D eigenvalue weighted by Gasteiger charge is -2.21. The van der Waals surface area contributed by atoms with Gasteiger partial charge in [0.1, 0.15) is 11.5 Å². The average molecular weight is 386 g/mol. The highest BCUT2D eigenvalue weighted by molar-refractivity contribution is 5.96. The number of aryl methyl sites for hydroxylation is 1. The zero-order valence-corrected chi connectivity index (χ0v) is 18.1. The van der Waals surface area contributed by atoms with Crippen molar-refractivity contribution in [2.45, 2.75) is 78.1 Å². The molecule has 3 rings (SSSR count). The van der Waals surface area contributed by atoms with Crippen molar-refractivity contribution in [3.63, 3.8) is 0 Å². The van der Waals surface area contributed by atoms with Gasteiger partial charge in [-0.15, -0.1) is 0 Å². The number of nitrogens with zero attached hydrogens (tertiary/aromatic N) is 2. The van der Waals surface area contributed by atoms with E-state index >= 15 is 0 Å². The van der Waals surface area contributed by atoms with E-state index in [1.165, 1.54) is 54.0 Å². The first kappa shape index (κ1) is 20.8. The Morgan fingerprint density at radius 3 is 2.54 bits per heavy atom. The SMILES string of the molecule is CCCCC(=O)Nc1cc2nc(C3CCCCC3)n(C)c2cc1[NH+](CC)CC. The second-order valence-corrected chi connectivity index (χ2v) is 8.21. The van der Waals surface area contributed by atoms with Crippen LogP contribution in [0.1, 0.15) is 83.9 Å². The minimum Gasteiger partial charge on any atom is -0.331 e. The molecule has 1 fully saturated rings. The summed E-state index contributed by atoms with van der Waals surface area (Å²) in [6, 6.07) is 4.36. The van der Waals surface area contributed by atoms with E-state index < -0.39 is 0 Å². The lowest BCUT2D eigenvalue weighted by molar-refractivity contribution is -0.827. The van der Waals surface area contributed by atoms with Crippen LogP contribution >= 0.6 is 0 Å². The molecule has 0 saturated heterocycles. The first-order valence-corrected chi connectivity index (χ1v) is 11.2. The van der Waals surface area contributed by atoms with Crippen molar-refractivity contribution in [1.82, 2.24) is 9.55 Å². The number of amides is 1. The second kappa shape index (κ2) is 9.55. The molecule has 154 valence electrons. The van der Waals surface area contributed by atoms with Crippen LogP contribution in [0.15, 0.2) is 12.1 Å². The number of rotatable bonds is 8. The van der Waals surface area contributed by atoms with E-state index in [9.17, 15) is 4.79 Å². The molecule has 5 heteroatoms. The standard InChI is InChI=1S/C23H36N4O/c1-5-8-14-22(28)24-19-15-18-20(16-21(19)27(6-2)7-3)26(4)23(25-18)17-12-10-9-11-13-17/h15-17H,5-14H2,1-4H3,(H,24,28)/p+1. The second-order valence-electron chi connectivity index (χ2n) is 8.21. The Kier molecular flexibility index (Phi) is 7.11. The van der Waals surface area contributed by atoms with Crippen LogP contribution in [0, 0.1) is 0 Å². The van der Waals surface area contributed by atoms with Gasteiger partial charge in [0.25, 0.3) is 0 Å². The lowest BCUT2D eigenvalue weighted by Crippen LogP contribution is -3.06. The fourth-order valence-corrected chi connectivity index (χ4v) is 4.56. The van der Waals surface area contributed by atoms with Gasteiger partial charge in [-0.2, -0.15) is 0 Å². The van der Waals surface area contributed by atoms with Crippen LogP contribution in [-0.4, -0.2) is 28.5 Å². The zero-order chi connectivity index (χ0) is 20.1. The number of hydrogen-bond donors (Lipinski definition) is 2. The summed E-state index contributed by atoms with van der Waals surface area (Å²) in [5.41, 5.74) is 4.30. The Bertz CT molecular complexity index is 801. The van der Waals surface area contributed by atoms with Gasteiger partial charge in [-0.25, -0.2) is 4.98 Å². The van der Waals surface area contributed by atoms with E-state index in [4.69, 9.17) is 4.98 Å². The van der Waals surface area contributed by atoms with Gasteiger partial charge >= 0.3 is 0 Å². The van der Waals surface area contributed by atoms with E-state index in [-0.39, 0.29) is 5.91 Å². The van der Waals surface area contributed by atoms with Crippen molar-refractivity contribution in [2.24, 2.45) is 7.05 Å². The number of quaternary nitrogens is 1. The van der Waals surface area contributed by atoms with Crippen molar-refractivity contribution in [3.8, 4) is 0 Å². The van der Waals surface area contributed by atoms with Crippen LogP contribution in [0.2, 0.25) is 0 Å². The average Bonchev–Trinajstić information content (AvgIpc) is 3.04. The predicted molar refractivity (Wildman–Crippen MR) is 116 cm³/mol. The number of imidazole rings is 1. The van der Waals surface area contributed by atoms with Crippen LogP contribution in [-0.2, 0) is 11.8 Å². The summed E-state index contributed by atoms with van der Waals surface area (Å²) in [6.45, 7) is 8.50. The summed E-state index contributed by atoms with van der Waals surface area (Å²) >= 11 is 0. The molecule has 0 aliphatic heterocycles. The Morgan fingerprint density at radius 2 is 1.89 bits per heavy atom. The number of fused-ring (bicyclic) bond motifs is 1. The smallest absolute Gasteiger partial charge is 0.224 e. The molecule has 1 aliphatic rings. The molecule has 0 radical (unpaired) electrons. The fourth-order valence-electron chi connectivity index (χ4n) is 4.56. The number of anilines is 1. The third kappa shape index (κ3) is 4.40. The molecule has 2 N–H and O–H groups in total. The highest BCUT2D eigenvalue weighted by Gasteiger charge is 2.24. The number of carbonyl (C=O) groups excluding carboxylic acids is 1. The third-order valence-electron chi connectivity index (χ3n) is 6.29. The van der Waals surface area contributed by atoms with E-state index in [0.29, 0.717) is 12.3 Å².